The summed E-state index contributed by atoms with van der Waals surface area (Å²) in [7, 11) is 0. The Balaban J connectivity index is 1.69. The molecule has 28 heavy (non-hydrogen) atoms. The van der Waals surface area contributed by atoms with Crippen molar-refractivity contribution in [1.82, 2.24) is 15.0 Å². The zero-order chi connectivity index (χ0) is 19.7. The molecule has 0 spiro atoms. The summed E-state index contributed by atoms with van der Waals surface area (Å²) in [5, 5.41) is 8.26. The fourth-order valence-corrected chi connectivity index (χ4v) is 3.19. The van der Waals surface area contributed by atoms with Crippen LogP contribution in [0.15, 0.2) is 54.9 Å². The summed E-state index contributed by atoms with van der Waals surface area (Å²) >= 11 is 6.03. The summed E-state index contributed by atoms with van der Waals surface area (Å²) in [6.07, 6.45) is 1.47. The number of benzene rings is 2. The summed E-state index contributed by atoms with van der Waals surface area (Å²) < 4.78 is 0. The van der Waals surface area contributed by atoms with E-state index in [1.165, 1.54) is 6.33 Å². The van der Waals surface area contributed by atoms with Gasteiger partial charge < -0.3 is 16.4 Å². The van der Waals surface area contributed by atoms with E-state index in [0.717, 1.165) is 33.5 Å². The number of nitrogens with zero attached hydrogens (tertiary/aromatic N) is 3. The third-order valence-corrected chi connectivity index (χ3v) is 4.67. The van der Waals surface area contributed by atoms with Crippen LogP contribution in [0.5, 0.6) is 0 Å². The van der Waals surface area contributed by atoms with Gasteiger partial charge in [-0.25, -0.2) is 9.97 Å². The van der Waals surface area contributed by atoms with Crippen LogP contribution < -0.4 is 16.4 Å². The highest BCUT2D eigenvalue weighted by Crippen LogP contribution is 2.31. The van der Waals surface area contributed by atoms with Crippen LogP contribution in [0.1, 0.15) is 11.3 Å². The van der Waals surface area contributed by atoms with Crippen molar-refractivity contribution in [3.05, 3.63) is 71.1 Å². The van der Waals surface area contributed by atoms with E-state index in [-0.39, 0.29) is 0 Å². The lowest BCUT2D eigenvalue weighted by Gasteiger charge is -2.15. The van der Waals surface area contributed by atoms with Crippen molar-refractivity contribution < 1.29 is 0 Å². The number of nitrogens with two attached hydrogens (primary N) is 1. The van der Waals surface area contributed by atoms with Crippen LogP contribution in [0.25, 0.3) is 10.9 Å². The molecule has 0 saturated heterocycles. The third kappa shape index (κ3) is 3.54. The molecule has 0 amide bonds. The van der Waals surface area contributed by atoms with Crippen molar-refractivity contribution in [2.45, 2.75) is 13.8 Å². The molecule has 7 heteroatoms. The maximum Gasteiger partial charge on any atom is 0.159 e. The molecule has 2 aromatic carbocycles. The molecule has 4 rings (SSSR count). The Hall–Kier alpha value is -3.38. The number of rotatable bonds is 4. The minimum Gasteiger partial charge on any atom is -0.393 e. The van der Waals surface area contributed by atoms with Gasteiger partial charge >= 0.3 is 0 Å². The molecule has 140 valence electrons. The average molecular weight is 391 g/mol. The Morgan fingerprint density at radius 1 is 0.893 bits per heavy atom. The first kappa shape index (κ1) is 18.0. The van der Waals surface area contributed by atoms with E-state index in [0.29, 0.717) is 22.3 Å². The van der Waals surface area contributed by atoms with Gasteiger partial charge in [0.05, 0.1) is 11.2 Å². The average Bonchev–Trinajstić information content (AvgIpc) is 2.67. The summed E-state index contributed by atoms with van der Waals surface area (Å²) in [5.41, 5.74) is 11.3. The molecule has 0 radical (unpaired) electrons. The molecule has 0 fully saturated rings. The Labute approximate surface area is 167 Å². The lowest BCUT2D eigenvalue weighted by molar-refractivity contribution is 1.17. The smallest absolute Gasteiger partial charge is 0.159 e. The van der Waals surface area contributed by atoms with E-state index in [9.17, 15) is 0 Å². The van der Waals surface area contributed by atoms with Crippen LogP contribution in [0.4, 0.5) is 28.7 Å². The van der Waals surface area contributed by atoms with E-state index in [4.69, 9.17) is 17.3 Å². The van der Waals surface area contributed by atoms with E-state index in [1.807, 2.05) is 62.4 Å². The van der Waals surface area contributed by atoms with Gasteiger partial charge in [-0.1, -0.05) is 29.8 Å². The van der Waals surface area contributed by atoms with Crippen molar-refractivity contribution >= 4 is 51.2 Å². The van der Waals surface area contributed by atoms with Gasteiger partial charge in [0.2, 0.25) is 0 Å². The van der Waals surface area contributed by atoms with Crippen molar-refractivity contribution in [3.8, 4) is 0 Å². The first-order valence-electron chi connectivity index (χ1n) is 8.78. The molecule has 6 nitrogen and oxygen atoms in total. The van der Waals surface area contributed by atoms with Crippen LogP contribution in [-0.4, -0.2) is 15.0 Å². The van der Waals surface area contributed by atoms with Gasteiger partial charge in [-0.15, -0.1) is 0 Å². The fraction of sp³-hybridized carbons (Fsp3) is 0.0952. The zero-order valence-corrected chi connectivity index (χ0v) is 16.2. The topological polar surface area (TPSA) is 88.8 Å². The molecule has 0 bridgehead atoms. The molecule has 0 aliphatic heterocycles. The molecule has 2 heterocycles. The van der Waals surface area contributed by atoms with E-state index < -0.39 is 0 Å². The number of hydrogen-bond donors (Lipinski definition) is 3. The van der Waals surface area contributed by atoms with Crippen molar-refractivity contribution in [2.75, 3.05) is 16.4 Å². The Morgan fingerprint density at radius 3 is 2.39 bits per heavy atom. The second-order valence-corrected chi connectivity index (χ2v) is 6.96. The number of nitrogens with one attached hydrogen (secondary N) is 2. The lowest BCUT2D eigenvalue weighted by atomic mass is 10.1. The molecule has 2 aromatic heterocycles. The molecule has 0 aliphatic rings. The zero-order valence-electron chi connectivity index (χ0n) is 15.5. The van der Waals surface area contributed by atoms with E-state index in [2.05, 4.69) is 25.6 Å². The molecule has 0 unspecified atom stereocenters. The SMILES string of the molecule is Cc1ccc2cccc(Nc3ncnc(Nc4ccc(Cl)cc4C)c3N)c2n1. The predicted molar refractivity (Wildman–Crippen MR) is 116 cm³/mol. The standard InChI is InChI=1S/C21H19ClN6/c1-12-10-15(22)8-9-16(12)27-20-18(23)21(25-11-24-20)28-17-5-3-4-14-7-6-13(2)26-19(14)17/h3-11H,23H2,1-2H3,(H2,24,25,27,28). The molecule has 4 N–H and O–H groups in total. The second kappa shape index (κ2) is 7.32. The number of halogens is 1. The van der Waals surface area contributed by atoms with Gasteiger partial charge in [-0.2, -0.15) is 0 Å². The van der Waals surface area contributed by atoms with E-state index in [1.54, 1.807) is 0 Å². The number of aryl methyl sites for hydroxylation is 2. The van der Waals surface area contributed by atoms with Crippen molar-refractivity contribution in [1.29, 1.82) is 0 Å². The van der Waals surface area contributed by atoms with Gasteiger partial charge in [-0.3, -0.25) is 4.98 Å². The molecule has 0 atom stereocenters. The fourth-order valence-electron chi connectivity index (χ4n) is 2.96. The van der Waals surface area contributed by atoms with E-state index >= 15 is 0 Å². The predicted octanol–water partition coefficient (Wildman–Crippen LogP) is 5.36. The van der Waals surface area contributed by atoms with Crippen molar-refractivity contribution in [3.63, 3.8) is 0 Å². The Bertz CT molecular complexity index is 1170. The number of hydrogen-bond acceptors (Lipinski definition) is 6. The number of aromatic nitrogens is 3. The Kier molecular flexibility index (Phi) is 4.71. The van der Waals surface area contributed by atoms with Crippen molar-refractivity contribution in [2.24, 2.45) is 0 Å². The molecule has 4 aromatic rings. The number of nitrogen functional groups attached to an aromatic ring is 1. The van der Waals surface area contributed by atoms with Crippen LogP contribution >= 0.6 is 11.6 Å². The highest BCUT2D eigenvalue weighted by molar-refractivity contribution is 6.30. The maximum absolute atomic E-state index is 6.34. The summed E-state index contributed by atoms with van der Waals surface area (Å²) in [4.78, 5) is 13.2. The molecular weight excluding hydrogens is 372 g/mol. The monoisotopic (exact) mass is 390 g/mol. The van der Waals surface area contributed by atoms with Gasteiger partial charge in [-0.05, 0) is 49.7 Å². The summed E-state index contributed by atoms with van der Waals surface area (Å²) in [5.74, 6) is 1.03. The van der Waals surface area contributed by atoms with Crippen LogP contribution in [0.3, 0.4) is 0 Å². The van der Waals surface area contributed by atoms with Crippen LogP contribution in [0.2, 0.25) is 5.02 Å². The number of anilines is 5. The first-order chi connectivity index (χ1) is 13.5. The van der Waals surface area contributed by atoms with Gasteiger partial charge in [0.15, 0.2) is 11.6 Å². The lowest BCUT2D eigenvalue weighted by Crippen LogP contribution is -2.06. The Morgan fingerprint density at radius 2 is 1.64 bits per heavy atom. The normalized spacial score (nSPS) is 10.8. The van der Waals surface area contributed by atoms with Gasteiger partial charge in [0, 0.05) is 21.8 Å². The van der Waals surface area contributed by atoms with Crippen LogP contribution in [-0.2, 0) is 0 Å². The molecule has 0 aliphatic carbocycles. The molecule has 0 saturated carbocycles. The highest BCUT2D eigenvalue weighted by atomic mass is 35.5. The number of pyridine rings is 1. The largest absolute Gasteiger partial charge is 0.393 e. The third-order valence-electron chi connectivity index (χ3n) is 4.44. The minimum atomic E-state index is 0.418. The quantitative estimate of drug-likeness (QED) is 0.434. The van der Waals surface area contributed by atoms with Gasteiger partial charge in [0.1, 0.15) is 12.0 Å². The summed E-state index contributed by atoms with van der Waals surface area (Å²) in [6, 6.07) is 15.6. The summed E-state index contributed by atoms with van der Waals surface area (Å²) in [6.45, 7) is 3.93. The first-order valence-corrected chi connectivity index (χ1v) is 9.16. The highest BCUT2D eigenvalue weighted by Gasteiger charge is 2.12. The van der Waals surface area contributed by atoms with Gasteiger partial charge in [0.25, 0.3) is 0 Å². The molecular formula is C21H19ClN6. The number of fused-ring (bicyclic) bond motifs is 1. The second-order valence-electron chi connectivity index (χ2n) is 6.52. The number of para-hydroxylation sites is 1. The minimum absolute atomic E-state index is 0.418. The van der Waals surface area contributed by atoms with Crippen LogP contribution in [0, 0.1) is 13.8 Å². The maximum atomic E-state index is 6.34.